The summed E-state index contributed by atoms with van der Waals surface area (Å²) in [5.41, 5.74) is 0.942. The summed E-state index contributed by atoms with van der Waals surface area (Å²) in [6, 6.07) is 15.5. The van der Waals surface area contributed by atoms with Gasteiger partial charge in [0.25, 0.3) is 0 Å². The third kappa shape index (κ3) is 4.78. The van der Waals surface area contributed by atoms with E-state index in [0.717, 1.165) is 46.1 Å². The van der Waals surface area contributed by atoms with Gasteiger partial charge in [0.15, 0.2) is 11.0 Å². The molecule has 0 aliphatic carbocycles. The lowest BCUT2D eigenvalue weighted by Crippen LogP contribution is -2.04. The first-order valence-corrected chi connectivity index (χ1v) is 10.3. The van der Waals surface area contributed by atoms with Crippen molar-refractivity contribution < 1.29 is 14.2 Å². The van der Waals surface area contributed by atoms with Crippen LogP contribution in [0.4, 0.5) is 0 Å². The molecule has 0 bridgehead atoms. The Hall–Kier alpha value is -2.67. The first-order valence-electron chi connectivity index (χ1n) is 9.31. The maximum atomic E-state index is 5.81. The summed E-state index contributed by atoms with van der Waals surface area (Å²) in [5, 5.41) is 9.62. The molecule has 0 atom stereocenters. The van der Waals surface area contributed by atoms with Crippen molar-refractivity contribution in [2.24, 2.45) is 0 Å². The van der Waals surface area contributed by atoms with Gasteiger partial charge >= 0.3 is 0 Å². The van der Waals surface area contributed by atoms with E-state index in [1.54, 1.807) is 18.9 Å². The summed E-state index contributed by atoms with van der Waals surface area (Å²) in [7, 11) is 1.67. The summed E-state index contributed by atoms with van der Waals surface area (Å²) in [6.45, 7) is 6.08. The highest BCUT2D eigenvalue weighted by Gasteiger charge is 2.16. The third-order valence-corrected chi connectivity index (χ3v) is 5.03. The zero-order valence-electron chi connectivity index (χ0n) is 16.4. The van der Waals surface area contributed by atoms with Crippen LogP contribution in [0.25, 0.3) is 11.4 Å². The van der Waals surface area contributed by atoms with E-state index >= 15 is 0 Å². The van der Waals surface area contributed by atoms with Gasteiger partial charge in [-0.3, -0.25) is 0 Å². The van der Waals surface area contributed by atoms with Crippen LogP contribution < -0.4 is 14.2 Å². The smallest absolute Gasteiger partial charge is 0.191 e. The summed E-state index contributed by atoms with van der Waals surface area (Å²) >= 11 is 1.63. The molecule has 0 radical (unpaired) electrons. The number of hydrogen-bond donors (Lipinski definition) is 0. The van der Waals surface area contributed by atoms with E-state index in [0.29, 0.717) is 13.2 Å². The topological polar surface area (TPSA) is 58.4 Å². The van der Waals surface area contributed by atoms with Crippen LogP contribution in [0.1, 0.15) is 13.8 Å². The van der Waals surface area contributed by atoms with Crippen molar-refractivity contribution in [3.8, 4) is 28.6 Å². The van der Waals surface area contributed by atoms with Gasteiger partial charge in [-0.1, -0.05) is 23.9 Å². The largest absolute Gasteiger partial charge is 0.496 e. The van der Waals surface area contributed by atoms with Gasteiger partial charge in [-0.2, -0.15) is 0 Å². The number of benzene rings is 2. The van der Waals surface area contributed by atoms with Crippen molar-refractivity contribution in [1.29, 1.82) is 0 Å². The molecule has 2 aromatic carbocycles. The second kappa shape index (κ2) is 10.0. The predicted octanol–water partition coefficient (Wildman–Crippen LogP) is 4.54. The van der Waals surface area contributed by atoms with E-state index in [2.05, 4.69) is 21.7 Å². The molecule has 0 saturated heterocycles. The fraction of sp³-hybridized carbons (Fsp3) is 0.333. The molecule has 3 aromatic rings. The Kier molecular flexibility index (Phi) is 7.19. The van der Waals surface area contributed by atoms with Crippen LogP contribution in [0, 0.1) is 0 Å². The Bertz CT molecular complexity index is 881. The second-order valence-corrected chi connectivity index (χ2v) is 6.91. The summed E-state index contributed by atoms with van der Waals surface area (Å²) in [6.07, 6.45) is 0. The van der Waals surface area contributed by atoms with Crippen LogP contribution in [0.2, 0.25) is 0 Å². The zero-order valence-corrected chi connectivity index (χ0v) is 17.2. The predicted molar refractivity (Wildman–Crippen MR) is 112 cm³/mol. The van der Waals surface area contributed by atoms with Crippen molar-refractivity contribution in [3.63, 3.8) is 0 Å². The highest BCUT2D eigenvalue weighted by atomic mass is 32.2. The molecule has 7 heteroatoms. The molecule has 0 aliphatic rings. The molecule has 1 heterocycles. The van der Waals surface area contributed by atoms with Gasteiger partial charge in [-0.15, -0.1) is 10.2 Å². The van der Waals surface area contributed by atoms with E-state index in [1.807, 2.05) is 55.5 Å². The first-order chi connectivity index (χ1) is 13.8. The van der Waals surface area contributed by atoms with Crippen LogP contribution in [0.15, 0.2) is 53.7 Å². The van der Waals surface area contributed by atoms with Gasteiger partial charge in [-0.05, 0) is 50.2 Å². The minimum absolute atomic E-state index is 0.583. The molecule has 1 aromatic heterocycles. The molecule has 0 unspecified atom stereocenters. The molecule has 0 spiro atoms. The number of hydrogen-bond acceptors (Lipinski definition) is 6. The Morgan fingerprint density at radius 1 is 0.929 bits per heavy atom. The molecule has 6 nitrogen and oxygen atoms in total. The van der Waals surface area contributed by atoms with Gasteiger partial charge in [0.2, 0.25) is 0 Å². The number of ether oxygens (including phenoxy) is 3. The first kappa shape index (κ1) is 20.1. The molecule has 0 saturated carbocycles. The highest BCUT2D eigenvalue weighted by Crippen LogP contribution is 2.30. The van der Waals surface area contributed by atoms with Crippen molar-refractivity contribution in [1.82, 2.24) is 14.8 Å². The third-order valence-electron chi connectivity index (χ3n) is 4.10. The van der Waals surface area contributed by atoms with E-state index in [4.69, 9.17) is 14.2 Å². The number of methoxy groups -OCH3 is 1. The lowest BCUT2D eigenvalue weighted by molar-refractivity contribution is 0.332. The van der Waals surface area contributed by atoms with Crippen LogP contribution in [-0.4, -0.2) is 40.8 Å². The summed E-state index contributed by atoms with van der Waals surface area (Å²) in [5.74, 6) is 4.06. The van der Waals surface area contributed by atoms with Crippen LogP contribution in [-0.2, 0) is 6.54 Å². The minimum Gasteiger partial charge on any atom is -0.496 e. The van der Waals surface area contributed by atoms with Gasteiger partial charge in [-0.25, -0.2) is 0 Å². The molecular formula is C21H25N3O3S. The standard InChI is InChI=1S/C21H25N3O3S/c1-4-24-20(18-8-6-7-9-19(18)25-3)22-23-21(24)28-15-14-27-17-12-10-16(11-13-17)26-5-2/h6-13H,4-5,14-15H2,1-3H3. The SMILES string of the molecule is CCOc1ccc(OCCSc2nnc(-c3ccccc3OC)n2CC)cc1. The Morgan fingerprint density at radius 2 is 1.64 bits per heavy atom. The van der Waals surface area contributed by atoms with E-state index in [1.165, 1.54) is 0 Å². The van der Waals surface area contributed by atoms with E-state index < -0.39 is 0 Å². The monoisotopic (exact) mass is 399 g/mol. The lowest BCUT2D eigenvalue weighted by Gasteiger charge is -2.10. The highest BCUT2D eigenvalue weighted by molar-refractivity contribution is 7.99. The minimum atomic E-state index is 0.583. The fourth-order valence-electron chi connectivity index (χ4n) is 2.80. The second-order valence-electron chi connectivity index (χ2n) is 5.85. The lowest BCUT2D eigenvalue weighted by atomic mass is 10.2. The molecule has 0 N–H and O–H groups in total. The molecule has 148 valence electrons. The van der Waals surface area contributed by atoms with Crippen LogP contribution in [0.5, 0.6) is 17.2 Å². The Labute approximate surface area is 169 Å². The Balaban J connectivity index is 1.60. The molecule has 0 fully saturated rings. The van der Waals surface area contributed by atoms with Crippen molar-refractivity contribution >= 4 is 11.8 Å². The van der Waals surface area contributed by atoms with Gasteiger partial charge in [0.1, 0.15) is 17.2 Å². The van der Waals surface area contributed by atoms with Crippen molar-refractivity contribution in [2.75, 3.05) is 26.1 Å². The van der Waals surface area contributed by atoms with E-state index in [9.17, 15) is 0 Å². The molecule has 0 aliphatic heterocycles. The van der Waals surface area contributed by atoms with Crippen molar-refractivity contribution in [3.05, 3.63) is 48.5 Å². The number of rotatable bonds is 10. The zero-order chi connectivity index (χ0) is 19.8. The van der Waals surface area contributed by atoms with Crippen molar-refractivity contribution in [2.45, 2.75) is 25.5 Å². The average Bonchev–Trinajstić information content (AvgIpc) is 3.15. The van der Waals surface area contributed by atoms with Crippen LogP contribution >= 0.6 is 11.8 Å². The molecular weight excluding hydrogens is 374 g/mol. The van der Waals surface area contributed by atoms with Gasteiger partial charge < -0.3 is 18.8 Å². The maximum absolute atomic E-state index is 5.81. The molecule has 28 heavy (non-hydrogen) atoms. The van der Waals surface area contributed by atoms with Gasteiger partial charge in [0.05, 0.1) is 25.9 Å². The number of thioether (sulfide) groups is 1. The number of aromatic nitrogens is 3. The fourth-order valence-corrected chi connectivity index (χ4v) is 3.62. The summed E-state index contributed by atoms with van der Waals surface area (Å²) < 4.78 is 18.8. The normalized spacial score (nSPS) is 10.7. The average molecular weight is 400 g/mol. The quantitative estimate of drug-likeness (QED) is 0.368. The van der Waals surface area contributed by atoms with Gasteiger partial charge in [0, 0.05) is 12.3 Å². The molecule has 3 rings (SSSR count). The number of para-hydroxylation sites is 1. The Morgan fingerprint density at radius 3 is 2.32 bits per heavy atom. The summed E-state index contributed by atoms with van der Waals surface area (Å²) in [4.78, 5) is 0. The molecule has 0 amide bonds. The maximum Gasteiger partial charge on any atom is 0.191 e. The van der Waals surface area contributed by atoms with E-state index in [-0.39, 0.29) is 0 Å². The number of nitrogens with zero attached hydrogens (tertiary/aromatic N) is 3. The van der Waals surface area contributed by atoms with Crippen LogP contribution in [0.3, 0.4) is 0 Å².